The Hall–Kier alpha value is -3.78. The van der Waals surface area contributed by atoms with Gasteiger partial charge in [-0.15, -0.1) is 0 Å². The van der Waals surface area contributed by atoms with E-state index in [-0.39, 0.29) is 24.6 Å². The number of hydrogen-bond acceptors (Lipinski definition) is 4. The van der Waals surface area contributed by atoms with Crippen molar-refractivity contribution in [2.75, 3.05) is 25.0 Å². The highest BCUT2D eigenvalue weighted by Gasteiger charge is 2.18. The minimum absolute atomic E-state index is 0.0768. The zero-order valence-corrected chi connectivity index (χ0v) is 18.0. The molecule has 3 aromatic rings. The van der Waals surface area contributed by atoms with E-state index >= 15 is 0 Å². The third kappa shape index (κ3) is 7.40. The summed E-state index contributed by atoms with van der Waals surface area (Å²) >= 11 is 0. The molecule has 3 aromatic carbocycles. The van der Waals surface area contributed by atoms with Crippen LogP contribution in [0.5, 0.6) is 5.75 Å². The molecule has 6 nitrogen and oxygen atoms in total. The maximum atomic E-state index is 13.6. The van der Waals surface area contributed by atoms with Crippen molar-refractivity contribution in [1.82, 2.24) is 4.90 Å². The van der Waals surface area contributed by atoms with E-state index in [4.69, 9.17) is 10.5 Å². The van der Waals surface area contributed by atoms with Crippen LogP contribution in [0.1, 0.15) is 22.3 Å². The first kappa shape index (κ1) is 23.9. The second-order valence-corrected chi connectivity index (χ2v) is 7.38. The molecule has 3 N–H and O–H groups in total. The number of nitrogens with one attached hydrogen (secondary N) is 1. The van der Waals surface area contributed by atoms with E-state index in [0.29, 0.717) is 37.0 Å². The summed E-state index contributed by atoms with van der Waals surface area (Å²) in [6, 6.07) is 18.7. The van der Waals surface area contributed by atoms with Crippen molar-refractivity contribution in [3.63, 3.8) is 0 Å². The van der Waals surface area contributed by atoms with Crippen molar-refractivity contribution in [1.29, 1.82) is 0 Å². The highest BCUT2D eigenvalue weighted by Crippen LogP contribution is 2.17. The zero-order chi connectivity index (χ0) is 23.6. The lowest BCUT2D eigenvalue weighted by atomic mass is 10.1. The second kappa shape index (κ2) is 11.7. The van der Waals surface area contributed by atoms with Gasteiger partial charge in [0.2, 0.25) is 0 Å². The topological polar surface area (TPSA) is 84.7 Å². The highest BCUT2D eigenvalue weighted by atomic mass is 19.1. The minimum Gasteiger partial charge on any atom is -0.484 e. The summed E-state index contributed by atoms with van der Waals surface area (Å²) in [7, 11) is 0. The summed E-state index contributed by atoms with van der Waals surface area (Å²) in [5.74, 6) is -1.89. The van der Waals surface area contributed by atoms with E-state index in [1.54, 1.807) is 36.4 Å². The van der Waals surface area contributed by atoms with E-state index in [0.717, 1.165) is 17.7 Å². The Bertz CT molecular complexity index is 1070. The van der Waals surface area contributed by atoms with Crippen molar-refractivity contribution in [2.45, 2.75) is 13.0 Å². The highest BCUT2D eigenvalue weighted by molar-refractivity contribution is 5.94. The first-order valence-electron chi connectivity index (χ1n) is 10.5. The Labute approximate surface area is 191 Å². The Kier molecular flexibility index (Phi) is 8.49. The minimum atomic E-state index is -0.820. The molecule has 0 radical (unpaired) electrons. The van der Waals surface area contributed by atoms with Gasteiger partial charge in [0.15, 0.2) is 6.61 Å². The Morgan fingerprint density at radius 2 is 1.67 bits per heavy atom. The molecule has 172 valence electrons. The van der Waals surface area contributed by atoms with Crippen molar-refractivity contribution >= 4 is 17.5 Å². The number of anilines is 1. The summed E-state index contributed by atoms with van der Waals surface area (Å²) in [6.07, 6.45) is 0.525. The summed E-state index contributed by atoms with van der Waals surface area (Å²) in [5, 5.41) is 2.76. The molecule has 0 unspecified atom stereocenters. The van der Waals surface area contributed by atoms with Gasteiger partial charge in [-0.3, -0.25) is 9.59 Å². The Morgan fingerprint density at radius 1 is 0.939 bits per heavy atom. The van der Waals surface area contributed by atoms with Gasteiger partial charge in [-0.1, -0.05) is 30.3 Å². The van der Waals surface area contributed by atoms with Crippen molar-refractivity contribution < 1.29 is 23.1 Å². The lowest BCUT2D eigenvalue weighted by Crippen LogP contribution is -2.32. The molecule has 2 amide bonds. The predicted molar refractivity (Wildman–Crippen MR) is 122 cm³/mol. The van der Waals surface area contributed by atoms with Gasteiger partial charge in [0.25, 0.3) is 11.8 Å². The number of amides is 2. The number of ether oxygens (including phenoxy) is 1. The maximum Gasteiger partial charge on any atom is 0.262 e. The molecule has 0 aromatic heterocycles. The van der Waals surface area contributed by atoms with Crippen molar-refractivity contribution in [3.05, 3.63) is 95.6 Å². The number of halogens is 2. The maximum absolute atomic E-state index is 13.6. The average Bonchev–Trinajstić information content (AvgIpc) is 2.80. The van der Waals surface area contributed by atoms with Gasteiger partial charge in [0, 0.05) is 30.4 Å². The van der Waals surface area contributed by atoms with Crippen LogP contribution in [0.25, 0.3) is 0 Å². The van der Waals surface area contributed by atoms with Gasteiger partial charge in [-0.2, -0.15) is 0 Å². The zero-order valence-electron chi connectivity index (χ0n) is 18.0. The van der Waals surface area contributed by atoms with Crippen LogP contribution in [0, 0.1) is 11.6 Å². The number of benzene rings is 3. The molecule has 0 aliphatic heterocycles. The number of nitrogens with two attached hydrogens (primary N) is 1. The number of hydrogen-bond donors (Lipinski definition) is 2. The van der Waals surface area contributed by atoms with Crippen LogP contribution >= 0.6 is 0 Å². The molecule has 0 aliphatic carbocycles. The molecule has 0 saturated carbocycles. The molecular weight excluding hydrogens is 428 g/mol. The molecule has 0 bridgehead atoms. The first-order chi connectivity index (χ1) is 15.9. The van der Waals surface area contributed by atoms with E-state index in [2.05, 4.69) is 5.32 Å². The molecular formula is C25H25F2N3O3. The number of rotatable bonds is 10. The number of nitrogens with zero attached hydrogens (tertiary/aromatic N) is 1. The lowest BCUT2D eigenvalue weighted by Gasteiger charge is -2.23. The molecule has 0 saturated heterocycles. The fraction of sp³-hybridized carbons (Fsp3) is 0.200. The van der Waals surface area contributed by atoms with Gasteiger partial charge >= 0.3 is 0 Å². The Morgan fingerprint density at radius 3 is 2.36 bits per heavy atom. The molecule has 0 atom stereocenters. The van der Waals surface area contributed by atoms with Crippen LogP contribution < -0.4 is 15.8 Å². The van der Waals surface area contributed by atoms with Crippen molar-refractivity contribution in [2.24, 2.45) is 5.73 Å². The number of para-hydroxylation sites is 1. The predicted octanol–water partition coefficient (Wildman–Crippen LogP) is 3.97. The van der Waals surface area contributed by atoms with Gasteiger partial charge in [-0.05, 0) is 54.9 Å². The quantitative estimate of drug-likeness (QED) is 0.487. The van der Waals surface area contributed by atoms with Crippen LogP contribution in [-0.4, -0.2) is 36.4 Å². The monoisotopic (exact) mass is 453 g/mol. The molecule has 33 heavy (non-hydrogen) atoms. The SMILES string of the molecule is NCCCN(Cc1cccc(NC(=O)COc2ccccc2)c1)C(=O)c1cc(F)cc(F)c1. The third-order valence-electron chi connectivity index (χ3n) is 4.73. The van der Waals surface area contributed by atoms with Gasteiger partial charge < -0.3 is 20.7 Å². The van der Waals surface area contributed by atoms with Crippen LogP contribution in [-0.2, 0) is 11.3 Å². The Balaban J connectivity index is 1.67. The second-order valence-electron chi connectivity index (χ2n) is 7.38. The summed E-state index contributed by atoms with van der Waals surface area (Å²) in [4.78, 5) is 26.6. The average molecular weight is 453 g/mol. The van der Waals surface area contributed by atoms with E-state index < -0.39 is 17.5 Å². The molecule has 8 heteroatoms. The van der Waals surface area contributed by atoms with E-state index in [9.17, 15) is 18.4 Å². The fourth-order valence-corrected chi connectivity index (χ4v) is 3.22. The normalized spacial score (nSPS) is 10.5. The van der Waals surface area contributed by atoms with Crippen molar-refractivity contribution in [3.8, 4) is 5.75 Å². The van der Waals surface area contributed by atoms with E-state index in [1.807, 2.05) is 18.2 Å². The molecule has 0 fully saturated rings. The molecule has 3 rings (SSSR count). The largest absolute Gasteiger partial charge is 0.484 e. The standard InChI is InChI=1S/C25H25F2N3O3/c26-20-13-19(14-21(27)15-20)25(32)30(11-5-10-28)16-18-6-4-7-22(12-18)29-24(31)17-33-23-8-2-1-3-9-23/h1-4,6-9,12-15H,5,10-11,16-17,28H2,(H,29,31). The van der Waals surface area contributed by atoms with Gasteiger partial charge in [0.1, 0.15) is 17.4 Å². The van der Waals surface area contributed by atoms with Gasteiger partial charge in [0.05, 0.1) is 0 Å². The van der Waals surface area contributed by atoms with Gasteiger partial charge in [-0.25, -0.2) is 8.78 Å². The fourth-order valence-electron chi connectivity index (χ4n) is 3.22. The molecule has 0 heterocycles. The van der Waals surface area contributed by atoms with Crippen LogP contribution in [0.2, 0.25) is 0 Å². The smallest absolute Gasteiger partial charge is 0.262 e. The number of carbonyl (C=O) groups is 2. The third-order valence-corrected chi connectivity index (χ3v) is 4.73. The molecule has 0 aliphatic rings. The summed E-state index contributed by atoms with van der Waals surface area (Å²) < 4.78 is 32.6. The number of carbonyl (C=O) groups excluding carboxylic acids is 2. The molecule has 0 spiro atoms. The van der Waals surface area contributed by atoms with E-state index in [1.165, 1.54) is 4.90 Å². The summed E-state index contributed by atoms with van der Waals surface area (Å²) in [5.41, 5.74) is 6.79. The van der Waals surface area contributed by atoms with Crippen LogP contribution in [0.3, 0.4) is 0 Å². The lowest BCUT2D eigenvalue weighted by molar-refractivity contribution is -0.118. The summed E-state index contributed by atoms with van der Waals surface area (Å²) in [6.45, 7) is 0.704. The van der Waals surface area contributed by atoms with Crippen LogP contribution in [0.15, 0.2) is 72.8 Å². The van der Waals surface area contributed by atoms with Crippen LogP contribution in [0.4, 0.5) is 14.5 Å². The first-order valence-corrected chi connectivity index (χ1v) is 10.5.